The highest BCUT2D eigenvalue weighted by Crippen LogP contribution is 2.38. The van der Waals surface area contributed by atoms with Crippen molar-refractivity contribution >= 4 is 19.8 Å². The molecule has 1 aliphatic heterocycles. The molecule has 1 saturated heterocycles. The fourth-order valence-electron chi connectivity index (χ4n) is 5.74. The van der Waals surface area contributed by atoms with Gasteiger partial charge in [0.1, 0.15) is 19.8 Å². The molecular weight excluding hydrogens is 766 g/mol. The zero-order valence-corrected chi connectivity index (χ0v) is 38.2. The number of unbranched alkanes of at least 4 members (excludes halogenated alkanes) is 7. The van der Waals surface area contributed by atoms with Gasteiger partial charge in [-0.05, 0) is 77.0 Å². The molecule has 1 fully saturated rings. The number of hydrogen-bond acceptors (Lipinski definition) is 9. The van der Waals surface area contributed by atoms with Crippen LogP contribution in [0, 0.1) is 0 Å². The van der Waals surface area contributed by atoms with E-state index in [1.807, 2.05) is 33.3 Å². The Bertz CT molecular complexity index is 1340. The summed E-state index contributed by atoms with van der Waals surface area (Å²) >= 11 is 0. The SMILES string of the molecule is CC/C=C\C/C=C\C/C=C\C/C=C\C/C=C\C/C=C\CCC(=O)O[C@H](COC(=O)CCCCCCC/C=C\CC1OC1CCCCC)COP(=O)([O-])OCC[N+](C)(C)C. The quantitative estimate of drug-likeness (QED) is 0.0149. The summed E-state index contributed by atoms with van der Waals surface area (Å²) in [5, 5.41) is 0. The van der Waals surface area contributed by atoms with E-state index in [4.69, 9.17) is 23.3 Å². The molecule has 0 amide bonds. The summed E-state index contributed by atoms with van der Waals surface area (Å²) in [6.07, 6.45) is 48.0. The number of allylic oxidation sites excluding steroid dienone is 13. The maximum atomic E-state index is 12.7. The van der Waals surface area contributed by atoms with E-state index in [1.54, 1.807) is 0 Å². The number of nitrogens with zero attached hydrogens (tertiary/aromatic N) is 1. The van der Waals surface area contributed by atoms with Crippen molar-refractivity contribution < 1.29 is 46.8 Å². The Morgan fingerprint density at radius 2 is 1.22 bits per heavy atom. The Morgan fingerprint density at radius 1 is 0.644 bits per heavy atom. The van der Waals surface area contributed by atoms with E-state index in [1.165, 1.54) is 25.7 Å². The molecule has 0 radical (unpaired) electrons. The minimum absolute atomic E-state index is 0.0537. The monoisotopic (exact) mass is 846 g/mol. The Hall–Kier alpha value is -2.85. The van der Waals surface area contributed by atoms with Crippen LogP contribution in [0.3, 0.4) is 0 Å². The average molecular weight is 846 g/mol. The summed E-state index contributed by atoms with van der Waals surface area (Å²) in [5.41, 5.74) is 0. The van der Waals surface area contributed by atoms with Gasteiger partial charge in [0.2, 0.25) is 0 Å². The highest BCUT2D eigenvalue weighted by Gasteiger charge is 2.36. The Kier molecular flexibility index (Phi) is 32.9. The van der Waals surface area contributed by atoms with Gasteiger partial charge in [-0.15, -0.1) is 0 Å². The van der Waals surface area contributed by atoms with Gasteiger partial charge in [0.15, 0.2) is 6.10 Å². The molecule has 1 rings (SSSR count). The maximum absolute atomic E-state index is 12.7. The first-order valence-electron chi connectivity index (χ1n) is 22.4. The highest BCUT2D eigenvalue weighted by atomic mass is 31.2. The van der Waals surface area contributed by atoms with E-state index in [2.05, 4.69) is 86.8 Å². The lowest BCUT2D eigenvalue weighted by Crippen LogP contribution is -2.37. The van der Waals surface area contributed by atoms with Crippen LogP contribution in [0.25, 0.3) is 0 Å². The van der Waals surface area contributed by atoms with Crippen LogP contribution in [0.15, 0.2) is 85.1 Å². The van der Waals surface area contributed by atoms with Crippen LogP contribution in [-0.4, -0.2) is 82.2 Å². The largest absolute Gasteiger partial charge is 0.756 e. The predicted octanol–water partition coefficient (Wildman–Crippen LogP) is 11.2. The number of likely N-dealkylation sites (N-methyl/N-ethyl adjacent to an activating group) is 1. The minimum atomic E-state index is -4.66. The predicted molar refractivity (Wildman–Crippen MR) is 240 cm³/mol. The number of rotatable bonds is 38. The van der Waals surface area contributed by atoms with Crippen molar-refractivity contribution in [2.24, 2.45) is 0 Å². The molecule has 11 heteroatoms. The van der Waals surface area contributed by atoms with Crippen molar-refractivity contribution in [2.45, 2.75) is 161 Å². The summed E-state index contributed by atoms with van der Waals surface area (Å²) in [6, 6.07) is 0. The average Bonchev–Trinajstić information content (AvgIpc) is 3.94. The van der Waals surface area contributed by atoms with E-state index < -0.39 is 32.5 Å². The number of carbonyl (C=O) groups is 2. The van der Waals surface area contributed by atoms with E-state index in [9.17, 15) is 19.0 Å². The second kappa shape index (κ2) is 35.9. The molecule has 0 aromatic heterocycles. The number of esters is 2. The third-order valence-corrected chi connectivity index (χ3v) is 10.3. The second-order valence-corrected chi connectivity index (χ2v) is 17.5. The summed E-state index contributed by atoms with van der Waals surface area (Å²) in [6.45, 7) is 3.95. The molecule has 59 heavy (non-hydrogen) atoms. The van der Waals surface area contributed by atoms with Gasteiger partial charge < -0.3 is 32.6 Å². The molecule has 4 atom stereocenters. The van der Waals surface area contributed by atoms with Gasteiger partial charge in [0.05, 0.1) is 40.0 Å². The number of carbonyl (C=O) groups excluding carboxylic acids is 2. The van der Waals surface area contributed by atoms with Crippen LogP contribution >= 0.6 is 7.82 Å². The lowest BCUT2D eigenvalue weighted by Gasteiger charge is -2.28. The summed E-state index contributed by atoms with van der Waals surface area (Å²) in [7, 11) is 1.09. The van der Waals surface area contributed by atoms with Gasteiger partial charge in [-0.2, -0.15) is 0 Å². The van der Waals surface area contributed by atoms with Crippen molar-refractivity contribution in [2.75, 3.05) is 47.5 Å². The maximum Gasteiger partial charge on any atom is 0.306 e. The Morgan fingerprint density at radius 3 is 1.83 bits per heavy atom. The van der Waals surface area contributed by atoms with Gasteiger partial charge in [-0.25, -0.2) is 0 Å². The topological polar surface area (TPSA) is 124 Å². The van der Waals surface area contributed by atoms with Crippen molar-refractivity contribution in [1.29, 1.82) is 0 Å². The molecule has 0 bridgehead atoms. The highest BCUT2D eigenvalue weighted by molar-refractivity contribution is 7.45. The van der Waals surface area contributed by atoms with E-state index in [0.717, 1.165) is 77.0 Å². The normalized spacial score (nSPS) is 17.8. The smallest absolute Gasteiger partial charge is 0.306 e. The third kappa shape index (κ3) is 36.7. The fraction of sp³-hybridized carbons (Fsp3) is 0.667. The standard InChI is InChI=1S/C48H80NO9P/c1-6-8-10-11-12-13-14-15-16-17-18-19-20-21-22-23-28-31-35-39-48(51)57-44(43-56-59(52,53)55-41-40-49(3,4)5)42-54-47(50)38-34-30-27-25-24-26-29-33-37-46-45(58-46)36-32-9-7-2/h8,10,12-13,15-16,18-19,21-22,28-29,31,33,44-46H,6-7,9,11,14,17,20,23-27,30,32,34-43H2,1-5H3/b10-8-,13-12-,16-15-,19-18-,22-21-,31-28-,33-29-/t44-,45?,46?/m1/s1. The van der Waals surface area contributed by atoms with Gasteiger partial charge in [0, 0.05) is 12.8 Å². The molecule has 0 spiro atoms. The third-order valence-electron chi connectivity index (χ3n) is 9.34. The molecule has 1 aliphatic rings. The molecule has 3 unspecified atom stereocenters. The van der Waals surface area contributed by atoms with Crippen LogP contribution in [0.2, 0.25) is 0 Å². The summed E-state index contributed by atoms with van der Waals surface area (Å²) in [5.74, 6) is -0.963. The molecular formula is C48H80NO9P. The number of phosphoric acid groups is 1. The molecule has 0 N–H and O–H groups in total. The van der Waals surface area contributed by atoms with Crippen molar-refractivity contribution in [1.82, 2.24) is 0 Å². The molecule has 1 heterocycles. The Balaban J connectivity index is 2.34. The second-order valence-electron chi connectivity index (χ2n) is 16.1. The van der Waals surface area contributed by atoms with Crippen LogP contribution in [-0.2, 0) is 37.4 Å². The van der Waals surface area contributed by atoms with E-state index >= 15 is 0 Å². The van der Waals surface area contributed by atoms with Gasteiger partial charge >= 0.3 is 11.9 Å². The first kappa shape index (κ1) is 54.2. The van der Waals surface area contributed by atoms with Crippen LogP contribution in [0.5, 0.6) is 0 Å². The lowest BCUT2D eigenvalue weighted by atomic mass is 10.1. The first-order chi connectivity index (χ1) is 28.5. The fourth-order valence-corrected chi connectivity index (χ4v) is 6.47. The number of epoxide rings is 1. The first-order valence-corrected chi connectivity index (χ1v) is 23.9. The zero-order valence-electron chi connectivity index (χ0n) is 37.4. The molecule has 10 nitrogen and oxygen atoms in total. The number of ether oxygens (including phenoxy) is 3. The van der Waals surface area contributed by atoms with Crippen LogP contribution < -0.4 is 4.89 Å². The van der Waals surface area contributed by atoms with Crippen LogP contribution in [0.4, 0.5) is 0 Å². The Labute approximate surface area is 358 Å². The van der Waals surface area contributed by atoms with Crippen molar-refractivity contribution in [3.8, 4) is 0 Å². The van der Waals surface area contributed by atoms with Gasteiger partial charge in [-0.3, -0.25) is 14.2 Å². The van der Waals surface area contributed by atoms with E-state index in [-0.39, 0.29) is 26.1 Å². The minimum Gasteiger partial charge on any atom is -0.756 e. The molecule has 0 aromatic rings. The van der Waals surface area contributed by atoms with E-state index in [0.29, 0.717) is 36.1 Å². The number of hydrogen-bond donors (Lipinski definition) is 0. The summed E-state index contributed by atoms with van der Waals surface area (Å²) < 4.78 is 39.5. The number of quaternary nitrogens is 1. The molecule has 0 saturated carbocycles. The van der Waals surface area contributed by atoms with Crippen molar-refractivity contribution in [3.05, 3.63) is 85.1 Å². The number of phosphoric ester groups is 1. The van der Waals surface area contributed by atoms with Gasteiger partial charge in [-0.1, -0.05) is 137 Å². The molecule has 336 valence electrons. The molecule has 0 aromatic carbocycles. The van der Waals surface area contributed by atoms with Gasteiger partial charge in [0.25, 0.3) is 7.82 Å². The lowest BCUT2D eigenvalue weighted by molar-refractivity contribution is -0.870. The van der Waals surface area contributed by atoms with Crippen molar-refractivity contribution in [3.63, 3.8) is 0 Å². The van der Waals surface area contributed by atoms with Crippen LogP contribution in [0.1, 0.15) is 142 Å². The zero-order chi connectivity index (χ0) is 43.3. The summed E-state index contributed by atoms with van der Waals surface area (Å²) in [4.78, 5) is 37.5. The molecule has 0 aliphatic carbocycles.